The number of nitrogens with zero attached hydrogens (tertiary/aromatic N) is 1. The first-order valence-corrected chi connectivity index (χ1v) is 8.70. The van der Waals surface area contributed by atoms with Gasteiger partial charge in [0.1, 0.15) is 5.82 Å². The van der Waals surface area contributed by atoms with Crippen LogP contribution in [0.5, 0.6) is 0 Å². The summed E-state index contributed by atoms with van der Waals surface area (Å²) in [6.07, 6.45) is 0. The lowest BCUT2D eigenvalue weighted by Gasteiger charge is -2.24. The van der Waals surface area contributed by atoms with Crippen LogP contribution in [-0.2, 0) is 16.6 Å². The van der Waals surface area contributed by atoms with Crippen molar-refractivity contribution in [2.45, 2.75) is 24.4 Å². The molecule has 1 unspecified atom stereocenters. The van der Waals surface area contributed by atoms with Crippen molar-refractivity contribution in [2.24, 2.45) is 5.73 Å². The van der Waals surface area contributed by atoms with Gasteiger partial charge in [-0.1, -0.05) is 18.2 Å². The monoisotopic (exact) mass is 328 g/mol. The van der Waals surface area contributed by atoms with E-state index in [1.54, 1.807) is 36.6 Å². The molecule has 0 aliphatic heterocycles. The number of thiophene rings is 1. The van der Waals surface area contributed by atoms with Gasteiger partial charge in [-0.15, -0.1) is 11.3 Å². The van der Waals surface area contributed by atoms with Gasteiger partial charge in [-0.2, -0.15) is 4.31 Å². The first-order valence-electron chi connectivity index (χ1n) is 6.38. The summed E-state index contributed by atoms with van der Waals surface area (Å²) < 4.78 is 40.1. The van der Waals surface area contributed by atoms with Crippen molar-refractivity contribution in [3.8, 4) is 0 Å². The van der Waals surface area contributed by atoms with Crippen LogP contribution in [0.4, 0.5) is 4.39 Å². The molecule has 1 heterocycles. The van der Waals surface area contributed by atoms with Crippen LogP contribution in [0.15, 0.2) is 40.6 Å². The summed E-state index contributed by atoms with van der Waals surface area (Å²) in [6.45, 7) is 1.96. The molecular formula is C14H17FN2O2S2. The molecule has 0 aliphatic rings. The molecule has 0 fully saturated rings. The van der Waals surface area contributed by atoms with Crippen LogP contribution < -0.4 is 5.73 Å². The van der Waals surface area contributed by atoms with Crippen LogP contribution in [0.25, 0.3) is 0 Å². The maximum Gasteiger partial charge on any atom is 0.244 e. The van der Waals surface area contributed by atoms with Gasteiger partial charge in [0.25, 0.3) is 0 Å². The average molecular weight is 328 g/mol. The molecule has 0 saturated heterocycles. The highest BCUT2D eigenvalue weighted by atomic mass is 32.2. The Labute approximate surface area is 128 Å². The molecule has 0 radical (unpaired) electrons. The van der Waals surface area contributed by atoms with Crippen LogP contribution in [0.1, 0.15) is 23.4 Å². The van der Waals surface area contributed by atoms with Crippen molar-refractivity contribution in [3.05, 3.63) is 52.0 Å². The van der Waals surface area contributed by atoms with Crippen LogP contribution >= 0.6 is 11.3 Å². The topological polar surface area (TPSA) is 63.4 Å². The summed E-state index contributed by atoms with van der Waals surface area (Å²) in [5, 5.41) is 1.56. The Morgan fingerprint density at radius 3 is 2.62 bits per heavy atom. The third-order valence-corrected chi connectivity index (χ3v) is 6.42. The average Bonchev–Trinajstić information content (AvgIpc) is 2.96. The second-order valence-electron chi connectivity index (χ2n) is 4.67. The van der Waals surface area contributed by atoms with Crippen LogP contribution in [-0.4, -0.2) is 19.8 Å². The zero-order valence-electron chi connectivity index (χ0n) is 11.8. The SMILES string of the molecule is CC(c1ccccc1F)N(C)S(=O)(=O)c1csc(CN)c1. The van der Waals surface area contributed by atoms with E-state index in [4.69, 9.17) is 5.73 Å². The van der Waals surface area contributed by atoms with Gasteiger partial charge in [-0.25, -0.2) is 12.8 Å². The van der Waals surface area contributed by atoms with Gasteiger partial charge in [0.15, 0.2) is 0 Å². The highest BCUT2D eigenvalue weighted by Crippen LogP contribution is 2.29. The fourth-order valence-corrected chi connectivity index (χ4v) is 4.47. The summed E-state index contributed by atoms with van der Waals surface area (Å²) in [6, 6.07) is 7.13. The van der Waals surface area contributed by atoms with E-state index in [0.717, 1.165) is 4.88 Å². The Bertz CT molecular complexity index is 728. The van der Waals surface area contributed by atoms with Crippen molar-refractivity contribution in [3.63, 3.8) is 0 Å². The number of rotatable bonds is 5. The van der Waals surface area contributed by atoms with Gasteiger partial charge in [-0.3, -0.25) is 0 Å². The molecule has 4 nitrogen and oxygen atoms in total. The predicted octanol–water partition coefficient (Wildman–Crippen LogP) is 2.73. The van der Waals surface area contributed by atoms with E-state index in [9.17, 15) is 12.8 Å². The Morgan fingerprint density at radius 2 is 2.05 bits per heavy atom. The zero-order valence-corrected chi connectivity index (χ0v) is 13.4. The van der Waals surface area contributed by atoms with Crippen molar-refractivity contribution in [2.75, 3.05) is 7.05 Å². The van der Waals surface area contributed by atoms with Gasteiger partial charge in [0.05, 0.1) is 4.90 Å². The first kappa shape index (κ1) is 16.1. The molecule has 0 saturated carbocycles. The third-order valence-electron chi connectivity index (χ3n) is 3.41. The maximum absolute atomic E-state index is 13.8. The molecular weight excluding hydrogens is 311 g/mol. The number of nitrogens with two attached hydrogens (primary N) is 1. The van der Waals surface area contributed by atoms with Crippen LogP contribution in [0.2, 0.25) is 0 Å². The largest absolute Gasteiger partial charge is 0.326 e. The van der Waals surface area contributed by atoms with Gasteiger partial charge in [-0.05, 0) is 19.1 Å². The molecule has 0 aliphatic carbocycles. The second kappa shape index (κ2) is 6.23. The summed E-state index contributed by atoms with van der Waals surface area (Å²) in [4.78, 5) is 0.985. The Kier molecular flexibility index (Phi) is 4.77. The molecule has 1 atom stereocenters. The molecule has 21 heavy (non-hydrogen) atoms. The van der Waals surface area contributed by atoms with Crippen molar-refractivity contribution >= 4 is 21.4 Å². The minimum Gasteiger partial charge on any atom is -0.326 e. The van der Waals surface area contributed by atoms with Gasteiger partial charge < -0.3 is 5.73 Å². The summed E-state index contributed by atoms with van der Waals surface area (Å²) in [7, 11) is -2.22. The van der Waals surface area contributed by atoms with E-state index < -0.39 is 21.9 Å². The quantitative estimate of drug-likeness (QED) is 0.918. The van der Waals surface area contributed by atoms with Gasteiger partial charge in [0.2, 0.25) is 10.0 Å². The molecule has 0 bridgehead atoms. The lowest BCUT2D eigenvalue weighted by atomic mass is 10.1. The normalized spacial score (nSPS) is 13.6. The van der Waals surface area contributed by atoms with Crippen molar-refractivity contribution in [1.82, 2.24) is 4.31 Å². The lowest BCUT2D eigenvalue weighted by molar-refractivity contribution is 0.387. The number of halogens is 1. The Balaban J connectivity index is 2.34. The van der Waals surface area contributed by atoms with E-state index in [1.165, 1.54) is 28.8 Å². The molecule has 1 aromatic heterocycles. The number of hydrogen-bond donors (Lipinski definition) is 1. The van der Waals surface area contributed by atoms with Gasteiger partial charge >= 0.3 is 0 Å². The summed E-state index contributed by atoms with van der Waals surface area (Å²) in [5.41, 5.74) is 5.85. The highest BCUT2D eigenvalue weighted by Gasteiger charge is 2.28. The van der Waals surface area contributed by atoms with E-state index in [1.807, 2.05) is 0 Å². The fourth-order valence-electron chi connectivity index (χ4n) is 1.99. The maximum atomic E-state index is 13.8. The molecule has 0 amide bonds. The van der Waals surface area contributed by atoms with E-state index >= 15 is 0 Å². The van der Waals surface area contributed by atoms with E-state index in [2.05, 4.69) is 0 Å². The third kappa shape index (κ3) is 3.16. The van der Waals surface area contributed by atoms with E-state index in [-0.39, 0.29) is 4.90 Å². The van der Waals surface area contributed by atoms with E-state index in [0.29, 0.717) is 12.1 Å². The van der Waals surface area contributed by atoms with Crippen molar-refractivity contribution < 1.29 is 12.8 Å². The second-order valence-corrected chi connectivity index (χ2v) is 7.66. The molecule has 2 N–H and O–H groups in total. The Hall–Kier alpha value is -1.28. The highest BCUT2D eigenvalue weighted by molar-refractivity contribution is 7.89. The number of hydrogen-bond acceptors (Lipinski definition) is 4. The molecule has 0 spiro atoms. The zero-order chi connectivity index (χ0) is 15.6. The number of benzene rings is 1. The minimum absolute atomic E-state index is 0.193. The summed E-state index contributed by atoms with van der Waals surface area (Å²) in [5.74, 6) is -0.417. The Morgan fingerprint density at radius 1 is 1.38 bits per heavy atom. The van der Waals surface area contributed by atoms with Crippen LogP contribution in [0, 0.1) is 5.82 Å². The molecule has 1 aromatic carbocycles. The van der Waals surface area contributed by atoms with Crippen LogP contribution in [0.3, 0.4) is 0 Å². The molecule has 2 aromatic rings. The van der Waals surface area contributed by atoms with Crippen molar-refractivity contribution in [1.29, 1.82) is 0 Å². The lowest BCUT2D eigenvalue weighted by Crippen LogP contribution is -2.30. The number of sulfonamides is 1. The smallest absolute Gasteiger partial charge is 0.244 e. The minimum atomic E-state index is -3.67. The molecule has 2 rings (SSSR count). The standard InChI is InChI=1S/C14H17FN2O2S2/c1-10(13-5-3-4-6-14(13)15)17(2)21(18,19)12-7-11(8-16)20-9-12/h3-7,9-10H,8,16H2,1-2H3. The molecule has 114 valence electrons. The first-order chi connectivity index (χ1) is 9.87. The molecule has 7 heteroatoms. The predicted molar refractivity (Wildman–Crippen MR) is 82.0 cm³/mol. The fraction of sp³-hybridized carbons (Fsp3) is 0.286. The summed E-state index contributed by atoms with van der Waals surface area (Å²) >= 11 is 1.30. The van der Waals surface area contributed by atoms with Gasteiger partial charge in [0, 0.05) is 35.5 Å².